The van der Waals surface area contributed by atoms with Crippen molar-refractivity contribution in [3.05, 3.63) is 65.5 Å². The monoisotopic (exact) mass is 258 g/mol. The van der Waals surface area contributed by atoms with Crippen LogP contribution in [0.4, 0.5) is 10.1 Å². The zero-order chi connectivity index (χ0) is 13.7. The SMILES string of the molecule is CNC(=O)c1ccc(NCc2ccccc2F)cc1. The van der Waals surface area contributed by atoms with Gasteiger partial charge in [-0.1, -0.05) is 18.2 Å². The highest BCUT2D eigenvalue weighted by atomic mass is 19.1. The Kier molecular flexibility index (Phi) is 4.13. The second-order valence-corrected chi connectivity index (χ2v) is 4.10. The number of amides is 1. The first-order chi connectivity index (χ1) is 9.20. The molecule has 0 aromatic heterocycles. The minimum absolute atomic E-state index is 0.124. The van der Waals surface area contributed by atoms with Gasteiger partial charge in [-0.15, -0.1) is 0 Å². The zero-order valence-corrected chi connectivity index (χ0v) is 10.6. The van der Waals surface area contributed by atoms with Gasteiger partial charge in [0.1, 0.15) is 5.82 Å². The summed E-state index contributed by atoms with van der Waals surface area (Å²) in [5.41, 5.74) is 2.05. The van der Waals surface area contributed by atoms with E-state index in [0.717, 1.165) is 5.69 Å². The van der Waals surface area contributed by atoms with E-state index in [1.165, 1.54) is 6.07 Å². The highest BCUT2D eigenvalue weighted by molar-refractivity contribution is 5.94. The van der Waals surface area contributed by atoms with Crippen molar-refractivity contribution in [2.45, 2.75) is 6.54 Å². The predicted octanol–water partition coefficient (Wildman–Crippen LogP) is 2.80. The Hall–Kier alpha value is -2.36. The van der Waals surface area contributed by atoms with E-state index < -0.39 is 0 Å². The lowest BCUT2D eigenvalue weighted by atomic mass is 10.1. The normalized spacial score (nSPS) is 10.0. The third-order valence-electron chi connectivity index (χ3n) is 2.81. The average molecular weight is 258 g/mol. The fraction of sp³-hybridized carbons (Fsp3) is 0.133. The summed E-state index contributed by atoms with van der Waals surface area (Å²) in [6.45, 7) is 0.409. The first-order valence-corrected chi connectivity index (χ1v) is 6.00. The number of hydrogen-bond acceptors (Lipinski definition) is 2. The zero-order valence-electron chi connectivity index (χ0n) is 10.6. The first-order valence-electron chi connectivity index (χ1n) is 6.00. The number of halogens is 1. The molecule has 0 aliphatic heterocycles. The van der Waals surface area contributed by atoms with Crippen molar-refractivity contribution in [2.24, 2.45) is 0 Å². The molecule has 1 amide bonds. The second-order valence-electron chi connectivity index (χ2n) is 4.10. The van der Waals surface area contributed by atoms with Gasteiger partial charge in [-0.25, -0.2) is 4.39 Å². The van der Waals surface area contributed by atoms with Crippen LogP contribution in [0.3, 0.4) is 0 Å². The summed E-state index contributed by atoms with van der Waals surface area (Å²) in [4.78, 5) is 11.4. The van der Waals surface area contributed by atoms with Gasteiger partial charge in [-0.2, -0.15) is 0 Å². The predicted molar refractivity (Wildman–Crippen MR) is 73.6 cm³/mol. The molecule has 4 heteroatoms. The Balaban J connectivity index is 2.01. The van der Waals surface area contributed by atoms with Gasteiger partial charge < -0.3 is 10.6 Å². The molecule has 2 aromatic rings. The number of nitrogens with one attached hydrogen (secondary N) is 2. The quantitative estimate of drug-likeness (QED) is 0.885. The van der Waals surface area contributed by atoms with Crippen molar-refractivity contribution in [3.63, 3.8) is 0 Å². The number of rotatable bonds is 4. The summed E-state index contributed by atoms with van der Waals surface area (Å²) < 4.78 is 13.4. The Labute approximate surface area is 111 Å². The lowest BCUT2D eigenvalue weighted by Gasteiger charge is -2.08. The Morgan fingerprint density at radius 3 is 2.42 bits per heavy atom. The highest BCUT2D eigenvalue weighted by Gasteiger charge is 2.03. The van der Waals surface area contributed by atoms with Gasteiger partial charge in [0.25, 0.3) is 5.91 Å². The van der Waals surface area contributed by atoms with Gasteiger partial charge in [0.05, 0.1) is 0 Å². The van der Waals surface area contributed by atoms with Crippen LogP contribution in [-0.4, -0.2) is 13.0 Å². The molecule has 0 saturated carbocycles. The maximum Gasteiger partial charge on any atom is 0.251 e. The molecule has 0 atom stereocenters. The second kappa shape index (κ2) is 6.00. The van der Waals surface area contributed by atoms with Crippen LogP contribution in [0.15, 0.2) is 48.5 Å². The number of carbonyl (C=O) groups is 1. The molecular weight excluding hydrogens is 243 g/mol. The van der Waals surface area contributed by atoms with Gasteiger partial charge in [-0.3, -0.25) is 4.79 Å². The molecule has 0 saturated heterocycles. The molecule has 0 fully saturated rings. The molecule has 2 N–H and O–H groups in total. The van der Waals surface area contributed by atoms with Crippen LogP contribution < -0.4 is 10.6 Å². The molecule has 0 heterocycles. The van der Waals surface area contributed by atoms with Crippen LogP contribution in [-0.2, 0) is 6.54 Å². The summed E-state index contributed by atoms with van der Waals surface area (Å²) in [7, 11) is 1.59. The molecule has 3 nitrogen and oxygen atoms in total. The van der Waals surface area contributed by atoms with Crippen molar-refractivity contribution in [1.29, 1.82) is 0 Å². The van der Waals surface area contributed by atoms with E-state index in [0.29, 0.717) is 17.7 Å². The minimum atomic E-state index is -0.225. The third-order valence-corrected chi connectivity index (χ3v) is 2.81. The van der Waals surface area contributed by atoms with Gasteiger partial charge in [0, 0.05) is 30.4 Å². The van der Waals surface area contributed by atoms with E-state index in [2.05, 4.69) is 10.6 Å². The Morgan fingerprint density at radius 1 is 1.11 bits per heavy atom. The number of hydrogen-bond donors (Lipinski definition) is 2. The molecule has 0 spiro atoms. The lowest BCUT2D eigenvalue weighted by Crippen LogP contribution is -2.17. The lowest BCUT2D eigenvalue weighted by molar-refractivity contribution is 0.0963. The summed E-state index contributed by atoms with van der Waals surface area (Å²) >= 11 is 0. The van der Waals surface area contributed by atoms with E-state index in [4.69, 9.17) is 0 Å². The van der Waals surface area contributed by atoms with Crippen molar-refractivity contribution < 1.29 is 9.18 Å². The summed E-state index contributed by atoms with van der Waals surface area (Å²) in [5.74, 6) is -0.349. The molecule has 0 bridgehead atoms. The van der Waals surface area contributed by atoms with Crippen molar-refractivity contribution in [3.8, 4) is 0 Å². The topological polar surface area (TPSA) is 41.1 Å². The fourth-order valence-corrected chi connectivity index (χ4v) is 1.72. The standard InChI is InChI=1S/C15H15FN2O/c1-17-15(19)11-6-8-13(9-7-11)18-10-12-4-2-3-5-14(12)16/h2-9,18H,10H2,1H3,(H,17,19). The van der Waals surface area contributed by atoms with Crippen LogP contribution in [0, 0.1) is 5.82 Å². The largest absolute Gasteiger partial charge is 0.381 e. The molecule has 2 aromatic carbocycles. The molecule has 19 heavy (non-hydrogen) atoms. The third kappa shape index (κ3) is 3.31. The first kappa shape index (κ1) is 13.1. The molecule has 0 aliphatic carbocycles. The summed E-state index contributed by atoms with van der Waals surface area (Å²) in [6.07, 6.45) is 0. The molecule has 98 valence electrons. The number of carbonyl (C=O) groups excluding carboxylic acids is 1. The van der Waals surface area contributed by atoms with E-state index in [9.17, 15) is 9.18 Å². The summed E-state index contributed by atoms with van der Waals surface area (Å²) in [5, 5.41) is 5.67. The Bertz CT molecular complexity index is 567. The Morgan fingerprint density at radius 2 is 1.79 bits per heavy atom. The maximum atomic E-state index is 13.4. The van der Waals surface area contributed by atoms with Crippen LogP contribution in [0.5, 0.6) is 0 Å². The van der Waals surface area contributed by atoms with Crippen LogP contribution >= 0.6 is 0 Å². The van der Waals surface area contributed by atoms with Gasteiger partial charge in [0.2, 0.25) is 0 Å². The molecule has 0 unspecified atom stereocenters. The minimum Gasteiger partial charge on any atom is -0.381 e. The average Bonchev–Trinajstić information content (AvgIpc) is 2.46. The van der Waals surface area contributed by atoms with Crippen molar-refractivity contribution >= 4 is 11.6 Å². The molecule has 0 radical (unpaired) electrons. The smallest absolute Gasteiger partial charge is 0.251 e. The molecular formula is C15H15FN2O. The van der Waals surface area contributed by atoms with E-state index >= 15 is 0 Å². The highest BCUT2D eigenvalue weighted by Crippen LogP contribution is 2.13. The van der Waals surface area contributed by atoms with Crippen molar-refractivity contribution in [1.82, 2.24) is 5.32 Å². The van der Waals surface area contributed by atoms with Gasteiger partial charge in [-0.05, 0) is 30.3 Å². The van der Waals surface area contributed by atoms with Gasteiger partial charge in [0.15, 0.2) is 0 Å². The number of anilines is 1. The number of benzene rings is 2. The van der Waals surface area contributed by atoms with Gasteiger partial charge >= 0.3 is 0 Å². The van der Waals surface area contributed by atoms with E-state index in [1.807, 2.05) is 0 Å². The van der Waals surface area contributed by atoms with Crippen LogP contribution in [0.2, 0.25) is 0 Å². The van der Waals surface area contributed by atoms with E-state index in [-0.39, 0.29) is 11.7 Å². The summed E-state index contributed by atoms with van der Waals surface area (Å²) in [6, 6.07) is 13.7. The van der Waals surface area contributed by atoms with Crippen LogP contribution in [0.25, 0.3) is 0 Å². The molecule has 2 rings (SSSR count). The van der Waals surface area contributed by atoms with Crippen molar-refractivity contribution in [2.75, 3.05) is 12.4 Å². The van der Waals surface area contributed by atoms with Crippen LogP contribution in [0.1, 0.15) is 15.9 Å². The molecule has 0 aliphatic rings. The fourth-order valence-electron chi connectivity index (χ4n) is 1.72. The maximum absolute atomic E-state index is 13.4. The van der Waals surface area contributed by atoms with E-state index in [1.54, 1.807) is 49.5 Å².